The van der Waals surface area contributed by atoms with Crippen molar-refractivity contribution in [2.24, 2.45) is 0 Å². The zero-order valence-electron chi connectivity index (χ0n) is 13.9. The Morgan fingerprint density at radius 3 is 1.69 bits per heavy atom. The van der Waals surface area contributed by atoms with Crippen LogP contribution in [-0.4, -0.2) is 9.55 Å². The van der Waals surface area contributed by atoms with Crippen LogP contribution in [0.3, 0.4) is 0 Å². The SMILES string of the molecule is Clc1cccc(Cl)c1C(c1ccccc1)(c1ccccc1)n1ccnc1. The fourth-order valence-electron chi connectivity index (χ4n) is 3.54. The molecule has 128 valence electrons. The lowest BCUT2D eigenvalue weighted by Gasteiger charge is -2.38. The molecule has 1 aromatic heterocycles. The molecule has 4 heteroatoms. The highest BCUT2D eigenvalue weighted by Gasteiger charge is 2.41. The Bertz CT molecular complexity index is 937. The molecule has 0 unspecified atom stereocenters. The molecular weight excluding hydrogens is 363 g/mol. The first kappa shape index (κ1) is 16.9. The van der Waals surface area contributed by atoms with Gasteiger partial charge >= 0.3 is 0 Å². The fourth-order valence-corrected chi connectivity index (χ4v) is 4.21. The van der Waals surface area contributed by atoms with E-state index in [1.54, 1.807) is 12.5 Å². The maximum atomic E-state index is 6.71. The summed E-state index contributed by atoms with van der Waals surface area (Å²) in [7, 11) is 0. The molecule has 0 saturated heterocycles. The second-order valence-corrected chi connectivity index (χ2v) is 6.82. The Balaban J connectivity index is 2.19. The number of hydrogen-bond acceptors (Lipinski definition) is 1. The zero-order chi connectivity index (χ0) is 18.0. The summed E-state index contributed by atoms with van der Waals surface area (Å²) in [5.41, 5.74) is 2.21. The van der Waals surface area contributed by atoms with E-state index in [1.165, 1.54) is 0 Å². The van der Waals surface area contributed by atoms with E-state index < -0.39 is 5.54 Å². The van der Waals surface area contributed by atoms with Gasteiger partial charge in [-0.3, -0.25) is 0 Å². The van der Waals surface area contributed by atoms with Crippen molar-refractivity contribution >= 4 is 23.2 Å². The highest BCUT2D eigenvalue weighted by atomic mass is 35.5. The highest BCUT2D eigenvalue weighted by molar-refractivity contribution is 6.36. The van der Waals surface area contributed by atoms with E-state index in [0.717, 1.165) is 16.7 Å². The number of aromatic nitrogens is 2. The Morgan fingerprint density at radius 1 is 0.692 bits per heavy atom. The van der Waals surface area contributed by atoms with Crippen LogP contribution in [0.15, 0.2) is 97.6 Å². The summed E-state index contributed by atoms with van der Waals surface area (Å²) in [6, 6.07) is 26.1. The molecule has 0 aliphatic carbocycles. The van der Waals surface area contributed by atoms with Crippen LogP contribution in [-0.2, 0) is 5.54 Å². The molecule has 0 spiro atoms. The Kier molecular flexibility index (Phi) is 4.54. The lowest BCUT2D eigenvalue weighted by Crippen LogP contribution is -2.37. The summed E-state index contributed by atoms with van der Waals surface area (Å²) in [6.45, 7) is 0. The summed E-state index contributed by atoms with van der Waals surface area (Å²) < 4.78 is 2.06. The molecule has 0 atom stereocenters. The standard InChI is InChI=1S/C22H16Cl2N2/c23-19-12-7-13-20(24)21(19)22(26-15-14-25-16-26,17-8-3-1-4-9-17)18-10-5-2-6-11-18/h1-16H. The molecule has 2 nitrogen and oxygen atoms in total. The largest absolute Gasteiger partial charge is 0.319 e. The average Bonchev–Trinajstić information content (AvgIpc) is 3.21. The molecule has 0 amide bonds. The fraction of sp³-hybridized carbons (Fsp3) is 0.0455. The molecule has 0 saturated carbocycles. The van der Waals surface area contributed by atoms with Crippen LogP contribution in [0.5, 0.6) is 0 Å². The van der Waals surface area contributed by atoms with Gasteiger partial charge in [0.15, 0.2) is 0 Å². The van der Waals surface area contributed by atoms with Crippen LogP contribution in [0.25, 0.3) is 0 Å². The van der Waals surface area contributed by atoms with Crippen LogP contribution in [0.4, 0.5) is 0 Å². The minimum atomic E-state index is -0.728. The first-order valence-electron chi connectivity index (χ1n) is 8.28. The van der Waals surface area contributed by atoms with Gasteiger partial charge in [-0.2, -0.15) is 0 Å². The topological polar surface area (TPSA) is 17.8 Å². The summed E-state index contributed by atoms with van der Waals surface area (Å²) in [5, 5.41) is 1.22. The van der Waals surface area contributed by atoms with E-state index in [2.05, 4.69) is 33.8 Å². The number of rotatable bonds is 4. The predicted molar refractivity (Wildman–Crippen MR) is 107 cm³/mol. The Morgan fingerprint density at radius 2 is 1.23 bits per heavy atom. The van der Waals surface area contributed by atoms with Gasteiger partial charge in [-0.25, -0.2) is 4.98 Å². The maximum Gasteiger partial charge on any atom is 0.124 e. The summed E-state index contributed by atoms with van der Waals surface area (Å²) in [4.78, 5) is 4.30. The van der Waals surface area contributed by atoms with Gasteiger partial charge in [0.2, 0.25) is 0 Å². The number of halogens is 2. The van der Waals surface area contributed by atoms with Gasteiger partial charge < -0.3 is 4.57 Å². The number of benzene rings is 3. The van der Waals surface area contributed by atoms with Gasteiger partial charge in [-0.1, -0.05) is 89.9 Å². The quantitative estimate of drug-likeness (QED) is 0.396. The third kappa shape index (κ3) is 2.63. The Hall–Kier alpha value is -2.55. The van der Waals surface area contributed by atoms with Crippen molar-refractivity contribution in [1.29, 1.82) is 0 Å². The third-order valence-electron chi connectivity index (χ3n) is 4.60. The lowest BCUT2D eigenvalue weighted by atomic mass is 9.76. The number of imidazole rings is 1. The summed E-state index contributed by atoms with van der Waals surface area (Å²) in [6.07, 6.45) is 5.52. The van der Waals surface area contributed by atoms with E-state index in [1.807, 2.05) is 60.8 Å². The van der Waals surface area contributed by atoms with Gasteiger partial charge in [0.05, 0.1) is 6.33 Å². The van der Waals surface area contributed by atoms with Crippen LogP contribution in [0.1, 0.15) is 16.7 Å². The van der Waals surface area contributed by atoms with Crippen LogP contribution >= 0.6 is 23.2 Å². The van der Waals surface area contributed by atoms with Crippen molar-refractivity contribution in [2.75, 3.05) is 0 Å². The Labute approximate surface area is 162 Å². The first-order chi connectivity index (χ1) is 12.7. The second kappa shape index (κ2) is 6.99. The molecule has 26 heavy (non-hydrogen) atoms. The molecule has 4 aromatic rings. The van der Waals surface area contributed by atoms with Crippen molar-refractivity contribution in [2.45, 2.75) is 5.54 Å². The second-order valence-electron chi connectivity index (χ2n) is 6.01. The number of hydrogen-bond donors (Lipinski definition) is 0. The minimum absolute atomic E-state index is 0.610. The van der Waals surface area contributed by atoms with E-state index >= 15 is 0 Å². The molecule has 0 radical (unpaired) electrons. The van der Waals surface area contributed by atoms with Crippen molar-refractivity contribution in [3.8, 4) is 0 Å². The molecule has 0 bridgehead atoms. The van der Waals surface area contributed by atoms with E-state index in [4.69, 9.17) is 23.2 Å². The van der Waals surface area contributed by atoms with Crippen LogP contribution in [0.2, 0.25) is 10.0 Å². The average molecular weight is 379 g/mol. The van der Waals surface area contributed by atoms with Crippen molar-refractivity contribution in [1.82, 2.24) is 9.55 Å². The number of nitrogens with zero attached hydrogens (tertiary/aromatic N) is 2. The molecular formula is C22H16Cl2N2. The lowest BCUT2D eigenvalue weighted by molar-refractivity contribution is 0.515. The molecule has 1 heterocycles. The van der Waals surface area contributed by atoms with Crippen LogP contribution in [0, 0.1) is 0 Å². The van der Waals surface area contributed by atoms with Gasteiger partial charge in [0.1, 0.15) is 5.54 Å². The van der Waals surface area contributed by atoms with Gasteiger partial charge in [-0.15, -0.1) is 0 Å². The molecule has 0 aliphatic heterocycles. The first-order valence-corrected chi connectivity index (χ1v) is 9.04. The van der Waals surface area contributed by atoms with Crippen molar-refractivity contribution in [3.05, 3.63) is 124 Å². The third-order valence-corrected chi connectivity index (χ3v) is 5.23. The molecule has 3 aromatic carbocycles. The van der Waals surface area contributed by atoms with E-state index in [9.17, 15) is 0 Å². The van der Waals surface area contributed by atoms with E-state index in [0.29, 0.717) is 10.0 Å². The van der Waals surface area contributed by atoms with Gasteiger partial charge in [-0.05, 0) is 23.3 Å². The minimum Gasteiger partial charge on any atom is -0.319 e. The van der Waals surface area contributed by atoms with Gasteiger partial charge in [0.25, 0.3) is 0 Å². The summed E-state index contributed by atoms with van der Waals surface area (Å²) >= 11 is 13.4. The zero-order valence-corrected chi connectivity index (χ0v) is 15.4. The highest BCUT2D eigenvalue weighted by Crippen LogP contribution is 2.46. The smallest absolute Gasteiger partial charge is 0.124 e. The summed E-state index contributed by atoms with van der Waals surface area (Å²) in [5.74, 6) is 0. The molecule has 0 N–H and O–H groups in total. The molecule has 0 aliphatic rings. The van der Waals surface area contributed by atoms with Crippen molar-refractivity contribution in [3.63, 3.8) is 0 Å². The predicted octanol–water partition coefficient (Wildman–Crippen LogP) is 6.03. The maximum absolute atomic E-state index is 6.71. The van der Waals surface area contributed by atoms with E-state index in [-0.39, 0.29) is 0 Å². The van der Waals surface area contributed by atoms with Crippen molar-refractivity contribution < 1.29 is 0 Å². The molecule has 0 fully saturated rings. The molecule has 4 rings (SSSR count). The monoisotopic (exact) mass is 378 g/mol. The van der Waals surface area contributed by atoms with Gasteiger partial charge in [0, 0.05) is 28.0 Å². The van der Waals surface area contributed by atoms with Crippen LogP contribution < -0.4 is 0 Å². The normalized spacial score (nSPS) is 11.5.